The molecule has 0 radical (unpaired) electrons. The minimum absolute atomic E-state index is 0.106. The number of halogens is 1. The molecule has 0 bridgehead atoms. The van der Waals surface area contributed by atoms with Crippen LogP contribution < -0.4 is 0 Å². The number of hydrogen-bond acceptors (Lipinski definition) is 3. The van der Waals surface area contributed by atoms with Gasteiger partial charge < -0.3 is 9.47 Å². The lowest BCUT2D eigenvalue weighted by atomic mass is 10.2. The van der Waals surface area contributed by atoms with E-state index < -0.39 is 18.8 Å². The lowest BCUT2D eigenvalue weighted by molar-refractivity contribution is 0.0780. The molecule has 1 aliphatic rings. The van der Waals surface area contributed by atoms with E-state index in [1.165, 1.54) is 4.90 Å². The summed E-state index contributed by atoms with van der Waals surface area (Å²) in [4.78, 5) is 13.3. The number of alkyl halides is 1. The quantitative estimate of drug-likeness (QED) is 0.840. The molecule has 0 N–H and O–H groups in total. The molecule has 0 saturated carbocycles. The van der Waals surface area contributed by atoms with Crippen molar-refractivity contribution in [3.63, 3.8) is 0 Å². The molecule has 1 amide bonds. The van der Waals surface area contributed by atoms with Crippen LogP contribution in [0, 0.1) is 0 Å². The zero-order chi connectivity index (χ0) is 13.7. The average molecular weight is 267 g/mol. The van der Waals surface area contributed by atoms with E-state index in [-0.39, 0.29) is 12.7 Å². The van der Waals surface area contributed by atoms with Gasteiger partial charge in [0.25, 0.3) is 0 Å². The summed E-state index contributed by atoms with van der Waals surface area (Å²) in [6, 6.07) is 8.97. The van der Waals surface area contributed by atoms with Crippen molar-refractivity contribution in [2.75, 3.05) is 20.3 Å². The van der Waals surface area contributed by atoms with Crippen LogP contribution in [0.25, 0.3) is 0 Å². The number of hydrogen-bond donors (Lipinski definition) is 0. The van der Waals surface area contributed by atoms with Gasteiger partial charge in [-0.1, -0.05) is 30.3 Å². The number of carbonyl (C=O) groups excluding carboxylic acids is 1. The Balaban J connectivity index is 1.89. The van der Waals surface area contributed by atoms with Gasteiger partial charge in [-0.25, -0.2) is 9.18 Å². The fraction of sp³-hybridized carbons (Fsp3) is 0.500. The number of carbonyl (C=O) groups is 1. The molecule has 19 heavy (non-hydrogen) atoms. The number of amides is 1. The number of ether oxygens (including phenoxy) is 2. The summed E-state index contributed by atoms with van der Waals surface area (Å²) in [5.41, 5.74) is 0.912. The lowest BCUT2D eigenvalue weighted by Crippen LogP contribution is -2.37. The van der Waals surface area contributed by atoms with E-state index in [0.717, 1.165) is 5.56 Å². The lowest BCUT2D eigenvalue weighted by Gasteiger charge is -2.21. The Morgan fingerprint density at radius 2 is 2.16 bits per heavy atom. The van der Waals surface area contributed by atoms with Gasteiger partial charge in [0.15, 0.2) is 0 Å². The number of likely N-dealkylation sites (tertiary alicyclic amines) is 1. The third-order valence-electron chi connectivity index (χ3n) is 3.33. The molecular weight excluding hydrogens is 249 g/mol. The van der Waals surface area contributed by atoms with Gasteiger partial charge in [0, 0.05) is 7.11 Å². The first-order valence-electron chi connectivity index (χ1n) is 6.30. The molecule has 0 spiro atoms. The Labute approximate surface area is 112 Å². The molecule has 0 unspecified atom stereocenters. The van der Waals surface area contributed by atoms with E-state index in [1.54, 1.807) is 7.11 Å². The minimum atomic E-state index is -0.569. The van der Waals surface area contributed by atoms with E-state index in [2.05, 4.69) is 0 Å². The smallest absolute Gasteiger partial charge is 0.410 e. The fourth-order valence-electron chi connectivity index (χ4n) is 2.22. The topological polar surface area (TPSA) is 38.8 Å². The van der Waals surface area contributed by atoms with Gasteiger partial charge in [-0.3, -0.25) is 4.90 Å². The van der Waals surface area contributed by atoms with Crippen LogP contribution in [0.15, 0.2) is 30.3 Å². The number of nitrogens with zero attached hydrogens (tertiary/aromatic N) is 1. The van der Waals surface area contributed by atoms with Crippen LogP contribution in [0.3, 0.4) is 0 Å². The van der Waals surface area contributed by atoms with Crippen molar-refractivity contribution in [1.29, 1.82) is 0 Å². The third kappa shape index (κ3) is 3.44. The van der Waals surface area contributed by atoms with Crippen molar-refractivity contribution < 1.29 is 18.7 Å². The Bertz CT molecular complexity index is 412. The van der Waals surface area contributed by atoms with Crippen LogP contribution in [-0.2, 0) is 16.1 Å². The molecule has 1 saturated heterocycles. The standard InChI is InChI=1S/C14H18FNO3/c1-18-13-7-12(8-15)16(9-13)14(17)19-10-11-5-3-2-4-6-11/h2-6,12-13H,7-10H2,1H3/t12-,13+/m0/s1. The minimum Gasteiger partial charge on any atom is -0.445 e. The molecule has 104 valence electrons. The number of benzene rings is 1. The van der Waals surface area contributed by atoms with Crippen LogP contribution in [0.1, 0.15) is 12.0 Å². The molecule has 2 atom stereocenters. The molecule has 1 heterocycles. The van der Waals surface area contributed by atoms with Crippen molar-refractivity contribution >= 4 is 6.09 Å². The normalized spacial score (nSPS) is 22.5. The molecule has 5 heteroatoms. The highest BCUT2D eigenvalue weighted by Crippen LogP contribution is 2.21. The predicted molar refractivity (Wildman–Crippen MR) is 68.5 cm³/mol. The first-order chi connectivity index (χ1) is 9.24. The van der Waals surface area contributed by atoms with E-state index >= 15 is 0 Å². The molecule has 0 aromatic heterocycles. The van der Waals surface area contributed by atoms with Gasteiger partial charge in [-0.15, -0.1) is 0 Å². The maximum absolute atomic E-state index is 12.9. The van der Waals surface area contributed by atoms with Crippen molar-refractivity contribution in [3.05, 3.63) is 35.9 Å². The highest BCUT2D eigenvalue weighted by molar-refractivity contribution is 5.68. The molecular formula is C14H18FNO3. The predicted octanol–water partition coefficient (Wildman–Crippen LogP) is 2.38. The van der Waals surface area contributed by atoms with Crippen molar-refractivity contribution in [1.82, 2.24) is 4.90 Å². The van der Waals surface area contributed by atoms with E-state index in [0.29, 0.717) is 13.0 Å². The average Bonchev–Trinajstić information content (AvgIpc) is 2.89. The van der Waals surface area contributed by atoms with Crippen molar-refractivity contribution in [3.8, 4) is 0 Å². The van der Waals surface area contributed by atoms with E-state index in [1.807, 2.05) is 30.3 Å². The maximum atomic E-state index is 12.9. The largest absolute Gasteiger partial charge is 0.445 e. The highest BCUT2D eigenvalue weighted by Gasteiger charge is 2.36. The third-order valence-corrected chi connectivity index (χ3v) is 3.33. The Morgan fingerprint density at radius 3 is 2.79 bits per heavy atom. The van der Waals surface area contributed by atoms with Crippen molar-refractivity contribution in [2.24, 2.45) is 0 Å². The van der Waals surface area contributed by atoms with Gasteiger partial charge in [0.1, 0.15) is 13.3 Å². The maximum Gasteiger partial charge on any atom is 0.410 e. The molecule has 4 nitrogen and oxygen atoms in total. The van der Waals surface area contributed by atoms with Gasteiger partial charge in [0.05, 0.1) is 18.7 Å². The van der Waals surface area contributed by atoms with Gasteiger partial charge >= 0.3 is 6.09 Å². The Morgan fingerprint density at radius 1 is 1.42 bits per heavy atom. The molecule has 1 fully saturated rings. The van der Waals surface area contributed by atoms with Crippen LogP contribution in [0.4, 0.5) is 9.18 Å². The zero-order valence-electron chi connectivity index (χ0n) is 10.9. The Kier molecular flexibility index (Phi) is 4.74. The summed E-state index contributed by atoms with van der Waals surface area (Å²) in [5.74, 6) is 0. The Hall–Kier alpha value is -1.62. The van der Waals surface area contributed by atoms with E-state index in [4.69, 9.17) is 9.47 Å². The van der Waals surface area contributed by atoms with Crippen LogP contribution >= 0.6 is 0 Å². The second kappa shape index (κ2) is 6.52. The first-order valence-corrected chi connectivity index (χ1v) is 6.30. The molecule has 1 aromatic carbocycles. The monoisotopic (exact) mass is 267 g/mol. The second-order valence-corrected chi connectivity index (χ2v) is 4.59. The second-order valence-electron chi connectivity index (χ2n) is 4.59. The summed E-state index contributed by atoms with van der Waals surface area (Å²) in [7, 11) is 1.57. The van der Waals surface area contributed by atoms with Crippen LogP contribution in [0.5, 0.6) is 0 Å². The zero-order valence-corrected chi connectivity index (χ0v) is 10.9. The molecule has 0 aliphatic carbocycles. The number of methoxy groups -OCH3 is 1. The van der Waals surface area contributed by atoms with Crippen molar-refractivity contribution in [2.45, 2.75) is 25.2 Å². The summed E-state index contributed by atoms with van der Waals surface area (Å²) >= 11 is 0. The summed E-state index contributed by atoms with van der Waals surface area (Å²) in [6.45, 7) is 0.0197. The molecule has 1 aromatic rings. The van der Waals surface area contributed by atoms with Gasteiger partial charge in [-0.2, -0.15) is 0 Å². The van der Waals surface area contributed by atoms with Gasteiger partial charge in [-0.05, 0) is 12.0 Å². The molecule has 1 aliphatic heterocycles. The fourth-order valence-corrected chi connectivity index (χ4v) is 2.22. The summed E-state index contributed by atoms with van der Waals surface area (Å²) in [5, 5.41) is 0. The van der Waals surface area contributed by atoms with Crippen LogP contribution in [-0.4, -0.2) is 43.5 Å². The number of rotatable bonds is 4. The van der Waals surface area contributed by atoms with E-state index in [9.17, 15) is 9.18 Å². The van der Waals surface area contributed by atoms with Crippen LogP contribution in [0.2, 0.25) is 0 Å². The SMILES string of the molecule is CO[C@@H]1C[C@@H](CF)N(C(=O)OCc2ccccc2)C1. The highest BCUT2D eigenvalue weighted by atomic mass is 19.1. The van der Waals surface area contributed by atoms with Gasteiger partial charge in [0.2, 0.25) is 0 Å². The summed E-state index contributed by atoms with van der Waals surface area (Å²) < 4.78 is 23.2. The first kappa shape index (κ1) is 13.8. The summed E-state index contributed by atoms with van der Waals surface area (Å²) in [6.07, 6.45) is -0.0657. The molecule has 2 rings (SSSR count).